The van der Waals surface area contributed by atoms with E-state index in [1.54, 1.807) is 18.2 Å². The highest BCUT2D eigenvalue weighted by Gasteiger charge is 2.19. The Labute approximate surface area is 275 Å². The fourth-order valence-electron chi connectivity index (χ4n) is 4.28. The summed E-state index contributed by atoms with van der Waals surface area (Å²) in [5.41, 5.74) is 3.23. The van der Waals surface area contributed by atoms with Crippen LogP contribution in [0.15, 0.2) is 84.9 Å². The Morgan fingerprint density at radius 2 is 1.21 bits per heavy atom. The molecule has 6 rings (SSSR count). The molecule has 4 N–H and O–H groups in total. The lowest BCUT2D eigenvalue weighted by atomic mass is 10.0. The molecule has 0 aliphatic carbocycles. The largest absolute Gasteiger partial charge is 0.476 e. The molecule has 234 valence electrons. The molecule has 14 heteroatoms. The van der Waals surface area contributed by atoms with Crippen LogP contribution < -0.4 is 9.47 Å². The van der Waals surface area contributed by atoms with Crippen molar-refractivity contribution in [1.82, 2.24) is 30.8 Å². The molecule has 0 saturated carbocycles. The average molecular weight is 661 g/mol. The summed E-state index contributed by atoms with van der Waals surface area (Å²) in [7, 11) is 0. The number of aromatic carboxylic acids is 2. The molecule has 4 aromatic carbocycles. The Morgan fingerprint density at radius 1 is 0.667 bits per heavy atom. The summed E-state index contributed by atoms with van der Waals surface area (Å²) in [6.45, 7) is 0. The minimum absolute atomic E-state index is 0.139. The third-order valence-corrected chi connectivity index (χ3v) is 6.65. The van der Waals surface area contributed by atoms with Gasteiger partial charge in [-0.25, -0.2) is 24.2 Å². The highest BCUT2D eigenvalue weighted by Crippen LogP contribution is 2.28. The predicted molar refractivity (Wildman–Crippen MR) is 169 cm³/mol. The predicted octanol–water partition coefficient (Wildman–Crippen LogP) is 6.16. The minimum Gasteiger partial charge on any atom is -0.476 e. The van der Waals surface area contributed by atoms with Crippen LogP contribution in [0.3, 0.4) is 0 Å². The number of aromatic nitrogens is 6. The van der Waals surface area contributed by atoms with E-state index in [-0.39, 0.29) is 29.0 Å². The van der Waals surface area contributed by atoms with Gasteiger partial charge in [0.25, 0.3) is 11.8 Å². The number of halogens is 2. The normalized spacial score (nSPS) is 10.3. The summed E-state index contributed by atoms with van der Waals surface area (Å²) in [5.74, 6) is 8.29. The zero-order valence-corrected chi connectivity index (χ0v) is 24.9. The molecular weight excluding hydrogens is 643 g/mol. The van der Waals surface area contributed by atoms with E-state index in [0.717, 1.165) is 16.7 Å². The number of hydrogen-bond donors (Lipinski definition) is 4. The Morgan fingerprint density at radius 3 is 1.77 bits per heavy atom. The van der Waals surface area contributed by atoms with Gasteiger partial charge in [-0.2, -0.15) is 0 Å². The van der Waals surface area contributed by atoms with Gasteiger partial charge in [-0.05, 0) is 71.8 Å². The van der Waals surface area contributed by atoms with Crippen LogP contribution in [0, 0.1) is 29.5 Å². The van der Waals surface area contributed by atoms with Gasteiger partial charge in [-0.15, -0.1) is 10.2 Å². The fourth-order valence-corrected chi connectivity index (χ4v) is 4.51. The van der Waals surface area contributed by atoms with Crippen molar-refractivity contribution in [2.45, 2.75) is 0 Å². The van der Waals surface area contributed by atoms with Crippen LogP contribution in [0.5, 0.6) is 23.3 Å². The molecule has 0 saturated heterocycles. The van der Waals surface area contributed by atoms with E-state index in [9.17, 15) is 19.1 Å². The Balaban J connectivity index is 1.17. The number of benzene rings is 4. The molecule has 0 atom stereocenters. The molecule has 2 aromatic heterocycles. The molecule has 0 unspecified atom stereocenters. The van der Waals surface area contributed by atoms with Crippen molar-refractivity contribution in [3.63, 3.8) is 0 Å². The van der Waals surface area contributed by atoms with Crippen molar-refractivity contribution in [2.75, 3.05) is 0 Å². The summed E-state index contributed by atoms with van der Waals surface area (Å²) in [6, 6.07) is 23.9. The average Bonchev–Trinajstić information content (AvgIpc) is 3.74. The number of carboxylic acids is 2. The van der Waals surface area contributed by atoms with Crippen LogP contribution in [0.4, 0.5) is 4.39 Å². The first-order chi connectivity index (χ1) is 23.2. The summed E-state index contributed by atoms with van der Waals surface area (Å²) in [6.07, 6.45) is 0. The maximum Gasteiger partial charge on any atom is 0.362 e. The quantitative estimate of drug-likeness (QED) is 0.145. The first kappa shape index (κ1) is 31.0. The van der Waals surface area contributed by atoms with Gasteiger partial charge in [-0.1, -0.05) is 70.0 Å². The SMILES string of the molecule is O=C(O)c1nn[nH]c1Oc1cc(Cl)cc(C#Cc2cccc(-c3cccc(C#Cc4ccc(Oc5[nH]nnc5C(=O)O)c(F)c4)c3)c2)c1. The van der Waals surface area contributed by atoms with Gasteiger partial charge in [0.2, 0.25) is 11.4 Å². The van der Waals surface area contributed by atoms with Crippen molar-refractivity contribution in [1.29, 1.82) is 0 Å². The molecule has 0 radical (unpaired) electrons. The maximum absolute atomic E-state index is 14.7. The molecule has 0 aliphatic rings. The summed E-state index contributed by atoms with van der Waals surface area (Å²) < 4.78 is 25.6. The molecule has 12 nitrogen and oxygen atoms in total. The topological polar surface area (TPSA) is 176 Å². The van der Waals surface area contributed by atoms with Gasteiger partial charge in [-0.3, -0.25) is 0 Å². The number of rotatable bonds is 7. The second-order valence-corrected chi connectivity index (χ2v) is 10.2. The number of hydrogen-bond acceptors (Lipinski definition) is 8. The number of aromatic amines is 2. The van der Waals surface area contributed by atoms with Gasteiger partial charge in [0, 0.05) is 27.3 Å². The number of carbonyl (C=O) groups is 2. The van der Waals surface area contributed by atoms with E-state index in [1.807, 2.05) is 48.5 Å². The van der Waals surface area contributed by atoms with Crippen molar-refractivity contribution in [2.24, 2.45) is 0 Å². The van der Waals surface area contributed by atoms with Gasteiger partial charge in [0.15, 0.2) is 11.6 Å². The summed E-state index contributed by atoms with van der Waals surface area (Å²) >= 11 is 6.25. The Kier molecular flexibility index (Phi) is 8.78. The van der Waals surface area contributed by atoms with Crippen molar-refractivity contribution in [3.8, 4) is 58.1 Å². The number of carboxylic acid groups (broad SMARTS) is 2. The molecular formula is C34H18ClFN6O6. The Bertz CT molecular complexity index is 2330. The van der Waals surface area contributed by atoms with Crippen LogP contribution >= 0.6 is 11.6 Å². The van der Waals surface area contributed by atoms with Gasteiger partial charge >= 0.3 is 11.9 Å². The van der Waals surface area contributed by atoms with Crippen LogP contribution in [0.25, 0.3) is 11.1 Å². The minimum atomic E-state index is -1.37. The third-order valence-electron chi connectivity index (χ3n) is 6.43. The standard InChI is InChI=1S/C34H18ClFN6O6/c35-25-15-22(16-26(18-25)47-31-29(33(43)44)37-41-39-31)10-9-20-4-2-6-24(14-20)23-5-1-3-19(13-23)7-8-21-11-12-28(27(36)17-21)48-32-30(34(45)46)38-42-40-32/h1-6,11-18H,(H,43,44)(H,45,46)(H,37,39,41)(H,38,40,42). The highest BCUT2D eigenvalue weighted by atomic mass is 35.5. The van der Waals surface area contributed by atoms with Crippen LogP contribution in [-0.2, 0) is 0 Å². The van der Waals surface area contributed by atoms with E-state index in [2.05, 4.69) is 54.5 Å². The monoisotopic (exact) mass is 660 g/mol. The molecule has 0 amide bonds. The number of nitrogens with one attached hydrogen (secondary N) is 2. The van der Waals surface area contributed by atoms with E-state index < -0.39 is 23.4 Å². The Hall–Kier alpha value is -6.96. The van der Waals surface area contributed by atoms with E-state index in [4.69, 9.17) is 26.2 Å². The first-order valence-corrected chi connectivity index (χ1v) is 14.1. The van der Waals surface area contributed by atoms with Crippen molar-refractivity contribution < 1.29 is 33.7 Å². The lowest BCUT2D eigenvalue weighted by Crippen LogP contribution is -2.00. The van der Waals surface area contributed by atoms with Crippen LogP contribution in [0.2, 0.25) is 5.02 Å². The second kappa shape index (κ2) is 13.6. The highest BCUT2D eigenvalue weighted by molar-refractivity contribution is 6.30. The third kappa shape index (κ3) is 7.29. The van der Waals surface area contributed by atoms with E-state index in [1.165, 1.54) is 18.2 Å². The molecule has 0 bridgehead atoms. The van der Waals surface area contributed by atoms with Gasteiger partial charge < -0.3 is 19.7 Å². The molecule has 2 heterocycles. The van der Waals surface area contributed by atoms with Crippen molar-refractivity contribution >= 4 is 23.5 Å². The number of ether oxygens (including phenoxy) is 2. The fraction of sp³-hybridized carbons (Fsp3) is 0. The van der Waals surface area contributed by atoms with E-state index >= 15 is 0 Å². The molecule has 48 heavy (non-hydrogen) atoms. The zero-order valence-electron chi connectivity index (χ0n) is 24.2. The lowest BCUT2D eigenvalue weighted by Gasteiger charge is -2.05. The zero-order chi connectivity index (χ0) is 33.6. The van der Waals surface area contributed by atoms with E-state index in [0.29, 0.717) is 21.7 Å². The second-order valence-electron chi connectivity index (χ2n) is 9.78. The molecule has 0 aliphatic heterocycles. The molecule has 6 aromatic rings. The number of nitrogens with zero attached hydrogens (tertiary/aromatic N) is 4. The summed E-state index contributed by atoms with van der Waals surface area (Å²) in [4.78, 5) is 22.5. The smallest absolute Gasteiger partial charge is 0.362 e. The van der Waals surface area contributed by atoms with Gasteiger partial charge in [0.05, 0.1) is 0 Å². The summed E-state index contributed by atoms with van der Waals surface area (Å²) in [5, 5.41) is 37.1. The van der Waals surface area contributed by atoms with Gasteiger partial charge in [0.1, 0.15) is 5.75 Å². The maximum atomic E-state index is 14.7. The van der Waals surface area contributed by atoms with Crippen molar-refractivity contribution in [3.05, 3.63) is 129 Å². The van der Waals surface area contributed by atoms with Crippen LogP contribution in [0.1, 0.15) is 43.2 Å². The number of H-pyrrole nitrogens is 2. The molecule has 0 spiro atoms. The molecule has 0 fully saturated rings. The lowest BCUT2D eigenvalue weighted by molar-refractivity contribution is 0.0676. The first-order valence-electron chi connectivity index (χ1n) is 13.7. The van der Waals surface area contributed by atoms with Crippen LogP contribution in [-0.4, -0.2) is 53.0 Å².